The van der Waals surface area contributed by atoms with Crippen molar-refractivity contribution >= 4 is 28.7 Å². The van der Waals surface area contributed by atoms with E-state index in [4.69, 9.17) is 4.98 Å². The van der Waals surface area contributed by atoms with Crippen LogP contribution in [0.5, 0.6) is 0 Å². The molecule has 29 heavy (non-hydrogen) atoms. The lowest BCUT2D eigenvalue weighted by Gasteiger charge is -2.47. The normalized spacial score (nSPS) is 23.4. The minimum Gasteiger partial charge on any atom is -0.337 e. The summed E-state index contributed by atoms with van der Waals surface area (Å²) in [5, 5.41) is 9.20. The number of amides is 1. The molecule has 0 aromatic carbocycles. The zero-order valence-corrected chi connectivity index (χ0v) is 17.5. The van der Waals surface area contributed by atoms with Crippen molar-refractivity contribution in [1.29, 1.82) is 0 Å². The van der Waals surface area contributed by atoms with Crippen LogP contribution in [0.15, 0.2) is 23.3 Å². The lowest BCUT2D eigenvalue weighted by atomic mass is 9.89. The molecule has 1 fully saturated rings. The second-order valence-corrected chi connectivity index (χ2v) is 8.37. The van der Waals surface area contributed by atoms with Crippen LogP contribution in [-0.2, 0) is 4.79 Å². The fourth-order valence-electron chi connectivity index (χ4n) is 4.79. The van der Waals surface area contributed by atoms with E-state index >= 15 is 0 Å². The molecule has 0 radical (unpaired) electrons. The summed E-state index contributed by atoms with van der Waals surface area (Å²) in [7, 11) is 1.83. The average Bonchev–Trinajstić information content (AvgIpc) is 3.50. The fraction of sp³-hybridized carbons (Fsp3) is 0.450. The molecule has 0 spiro atoms. The van der Waals surface area contributed by atoms with Crippen molar-refractivity contribution in [2.24, 2.45) is 0 Å². The Kier molecular flexibility index (Phi) is 4.16. The van der Waals surface area contributed by atoms with Crippen LogP contribution in [0.4, 0.5) is 11.5 Å². The van der Waals surface area contributed by atoms with E-state index in [1.54, 1.807) is 22.8 Å². The van der Waals surface area contributed by atoms with Crippen molar-refractivity contribution in [1.82, 2.24) is 25.1 Å². The SMILES string of the molecule is CC[C@@H]1CC[C@@]2(CC)C(=O)N(C)c3cnc(-c4cn[nH]c4-c4cscn4)nc3N12. The van der Waals surface area contributed by atoms with Crippen LogP contribution in [0.2, 0.25) is 0 Å². The van der Waals surface area contributed by atoms with Crippen molar-refractivity contribution in [2.75, 3.05) is 16.8 Å². The molecule has 2 atom stereocenters. The van der Waals surface area contributed by atoms with Gasteiger partial charge in [-0.05, 0) is 25.7 Å². The minimum absolute atomic E-state index is 0.145. The highest BCUT2D eigenvalue weighted by Crippen LogP contribution is 2.49. The number of nitrogens with zero attached hydrogens (tertiary/aromatic N) is 6. The van der Waals surface area contributed by atoms with E-state index in [2.05, 4.69) is 38.9 Å². The lowest BCUT2D eigenvalue weighted by Crippen LogP contribution is -2.61. The molecule has 2 aliphatic rings. The number of hydrogen-bond donors (Lipinski definition) is 1. The number of carbonyl (C=O) groups is 1. The zero-order chi connectivity index (χ0) is 20.2. The maximum atomic E-state index is 13.3. The molecule has 1 N–H and O–H groups in total. The van der Waals surface area contributed by atoms with Gasteiger partial charge >= 0.3 is 0 Å². The molecule has 0 aliphatic carbocycles. The molecule has 8 nitrogen and oxygen atoms in total. The number of aromatic amines is 1. The van der Waals surface area contributed by atoms with Gasteiger partial charge in [0.25, 0.3) is 5.91 Å². The highest BCUT2D eigenvalue weighted by Gasteiger charge is 2.55. The molecule has 1 amide bonds. The van der Waals surface area contributed by atoms with Gasteiger partial charge in [0.1, 0.15) is 11.2 Å². The van der Waals surface area contributed by atoms with Crippen LogP contribution in [0.25, 0.3) is 22.8 Å². The van der Waals surface area contributed by atoms with Crippen molar-refractivity contribution in [3.8, 4) is 22.8 Å². The Morgan fingerprint density at radius 3 is 2.90 bits per heavy atom. The summed E-state index contributed by atoms with van der Waals surface area (Å²) in [5.41, 5.74) is 4.49. The minimum atomic E-state index is -0.512. The van der Waals surface area contributed by atoms with E-state index in [0.717, 1.165) is 54.1 Å². The summed E-state index contributed by atoms with van der Waals surface area (Å²) in [4.78, 5) is 31.3. The predicted molar refractivity (Wildman–Crippen MR) is 113 cm³/mol. The molecule has 0 bridgehead atoms. The molecule has 0 unspecified atom stereocenters. The quantitative estimate of drug-likeness (QED) is 0.709. The van der Waals surface area contributed by atoms with Gasteiger partial charge in [0.2, 0.25) is 0 Å². The van der Waals surface area contributed by atoms with Crippen molar-refractivity contribution in [3.05, 3.63) is 23.3 Å². The summed E-state index contributed by atoms with van der Waals surface area (Å²) in [6.07, 6.45) is 7.10. The first-order valence-electron chi connectivity index (χ1n) is 9.97. The smallest absolute Gasteiger partial charge is 0.252 e. The van der Waals surface area contributed by atoms with E-state index in [-0.39, 0.29) is 5.91 Å². The molecule has 9 heteroatoms. The first-order valence-corrected chi connectivity index (χ1v) is 10.9. The molecule has 3 aromatic rings. The van der Waals surface area contributed by atoms with Gasteiger partial charge in [-0.15, -0.1) is 11.3 Å². The highest BCUT2D eigenvalue weighted by molar-refractivity contribution is 7.07. The number of aromatic nitrogens is 5. The number of rotatable bonds is 4. The monoisotopic (exact) mass is 409 g/mol. The maximum absolute atomic E-state index is 13.3. The van der Waals surface area contributed by atoms with E-state index < -0.39 is 5.54 Å². The molecule has 3 aromatic heterocycles. The zero-order valence-electron chi connectivity index (χ0n) is 16.7. The topological polar surface area (TPSA) is 90.9 Å². The van der Waals surface area contributed by atoms with Crippen LogP contribution in [0, 0.1) is 0 Å². The molecular formula is C20H23N7OS. The van der Waals surface area contributed by atoms with Gasteiger partial charge in [0.15, 0.2) is 11.6 Å². The number of nitrogens with one attached hydrogen (secondary N) is 1. The number of likely N-dealkylation sites (N-methyl/N-ethyl adjacent to an activating group) is 1. The second kappa shape index (κ2) is 6.62. The molecule has 5 rings (SSSR count). The van der Waals surface area contributed by atoms with Crippen molar-refractivity contribution < 1.29 is 4.79 Å². The number of thiazole rings is 1. The maximum Gasteiger partial charge on any atom is 0.252 e. The van der Waals surface area contributed by atoms with Gasteiger partial charge in [-0.25, -0.2) is 15.0 Å². The third-order valence-electron chi connectivity index (χ3n) is 6.38. The van der Waals surface area contributed by atoms with Gasteiger partial charge in [0.05, 0.1) is 34.9 Å². The Labute approximate surface area is 173 Å². The van der Waals surface area contributed by atoms with Crippen molar-refractivity contribution in [2.45, 2.75) is 51.1 Å². The fourth-order valence-corrected chi connectivity index (χ4v) is 5.34. The number of anilines is 2. The number of fused-ring (bicyclic) bond motifs is 3. The van der Waals surface area contributed by atoms with E-state index in [1.807, 2.05) is 12.4 Å². The van der Waals surface area contributed by atoms with Crippen LogP contribution in [0.1, 0.15) is 39.5 Å². The van der Waals surface area contributed by atoms with Crippen LogP contribution in [0.3, 0.4) is 0 Å². The average molecular weight is 410 g/mol. The van der Waals surface area contributed by atoms with Gasteiger partial charge in [0, 0.05) is 18.5 Å². The third-order valence-corrected chi connectivity index (χ3v) is 6.97. The molecule has 0 saturated carbocycles. The predicted octanol–water partition coefficient (Wildman–Crippen LogP) is 3.49. The summed E-state index contributed by atoms with van der Waals surface area (Å²) in [6, 6.07) is 0.302. The van der Waals surface area contributed by atoms with Crippen LogP contribution in [-0.4, -0.2) is 49.7 Å². The number of hydrogen-bond acceptors (Lipinski definition) is 7. The van der Waals surface area contributed by atoms with E-state index in [1.165, 1.54) is 11.3 Å². The lowest BCUT2D eigenvalue weighted by molar-refractivity contribution is -0.123. The summed E-state index contributed by atoms with van der Waals surface area (Å²) in [6.45, 7) is 4.28. The van der Waals surface area contributed by atoms with E-state index in [9.17, 15) is 4.79 Å². The van der Waals surface area contributed by atoms with Gasteiger partial charge < -0.3 is 9.80 Å². The highest BCUT2D eigenvalue weighted by atomic mass is 32.1. The van der Waals surface area contributed by atoms with Crippen molar-refractivity contribution in [3.63, 3.8) is 0 Å². The first-order chi connectivity index (χ1) is 14.1. The Balaban J connectivity index is 1.68. The Bertz CT molecular complexity index is 1060. The Morgan fingerprint density at radius 1 is 1.31 bits per heavy atom. The third kappa shape index (κ3) is 2.46. The molecule has 1 saturated heterocycles. The standard InChI is InChI=1S/C20H23N7OS/c1-4-12-6-7-20(5-2)19(28)26(3)15-9-21-17(24-18(15)27(12)20)13-8-23-25-16(13)14-10-29-11-22-14/h8-12H,4-7H2,1-3H3,(H,23,25)/t12-,20+/m1/s1. The molecule has 5 heterocycles. The molecular weight excluding hydrogens is 386 g/mol. The Morgan fingerprint density at radius 2 is 2.17 bits per heavy atom. The molecule has 150 valence electrons. The second-order valence-electron chi connectivity index (χ2n) is 7.65. The molecule has 2 aliphatic heterocycles. The van der Waals surface area contributed by atoms with Gasteiger partial charge in [-0.1, -0.05) is 13.8 Å². The first kappa shape index (κ1) is 18.2. The number of carbonyl (C=O) groups excluding carboxylic acids is 1. The largest absolute Gasteiger partial charge is 0.337 e. The number of H-pyrrole nitrogens is 1. The van der Waals surface area contributed by atoms with Crippen LogP contribution < -0.4 is 9.80 Å². The summed E-state index contributed by atoms with van der Waals surface area (Å²) in [5.74, 6) is 1.58. The van der Waals surface area contributed by atoms with E-state index in [0.29, 0.717) is 11.9 Å². The van der Waals surface area contributed by atoms with Gasteiger partial charge in [-0.2, -0.15) is 5.10 Å². The summed E-state index contributed by atoms with van der Waals surface area (Å²) < 4.78 is 0. The van der Waals surface area contributed by atoms with Crippen LogP contribution >= 0.6 is 11.3 Å². The summed E-state index contributed by atoms with van der Waals surface area (Å²) >= 11 is 1.53. The Hall–Kier alpha value is -2.81. The van der Waals surface area contributed by atoms with Gasteiger partial charge in [-0.3, -0.25) is 9.89 Å².